The number of benzene rings is 2. The number of furan rings is 1. The van der Waals surface area contributed by atoms with Crippen molar-refractivity contribution in [3.63, 3.8) is 0 Å². The Balaban J connectivity index is 1.68. The number of hydrogen-bond acceptors (Lipinski definition) is 3. The van der Waals surface area contributed by atoms with Crippen LogP contribution in [0.4, 0.5) is 4.79 Å². The molecule has 5 heteroatoms. The van der Waals surface area contributed by atoms with Crippen LogP contribution in [0.3, 0.4) is 0 Å². The fraction of sp³-hybridized carbons (Fsp3) is 0.158. The number of carbonyl (C=O) groups excluding carboxylic acids is 2. The van der Waals surface area contributed by atoms with E-state index < -0.39 is 11.6 Å². The van der Waals surface area contributed by atoms with E-state index in [2.05, 4.69) is 5.32 Å². The molecule has 1 atom stereocenters. The number of para-hydroxylation sites is 1. The lowest BCUT2D eigenvalue weighted by molar-refractivity contribution is -0.132. The molecule has 120 valence electrons. The molecule has 2 heterocycles. The van der Waals surface area contributed by atoms with Crippen molar-refractivity contribution in [2.24, 2.45) is 0 Å². The quantitative estimate of drug-likeness (QED) is 0.752. The summed E-state index contributed by atoms with van der Waals surface area (Å²) >= 11 is 0. The number of rotatable bonds is 3. The summed E-state index contributed by atoms with van der Waals surface area (Å²) in [5.41, 5.74) is 0.400. The van der Waals surface area contributed by atoms with E-state index in [1.807, 2.05) is 54.6 Å². The largest absolute Gasteiger partial charge is 0.458 e. The highest BCUT2D eigenvalue weighted by molar-refractivity contribution is 6.07. The first kappa shape index (κ1) is 14.5. The van der Waals surface area contributed by atoms with Gasteiger partial charge in [0.25, 0.3) is 5.91 Å². The minimum absolute atomic E-state index is 0.237. The van der Waals surface area contributed by atoms with E-state index in [0.29, 0.717) is 11.3 Å². The molecule has 1 N–H and O–H groups in total. The van der Waals surface area contributed by atoms with Gasteiger partial charge in [0.15, 0.2) is 5.54 Å². The number of amides is 3. The minimum Gasteiger partial charge on any atom is -0.458 e. The Hall–Kier alpha value is -3.08. The third kappa shape index (κ3) is 2.17. The first-order chi connectivity index (χ1) is 11.6. The van der Waals surface area contributed by atoms with Gasteiger partial charge in [-0.05, 0) is 24.6 Å². The molecular weight excluding hydrogens is 304 g/mol. The van der Waals surface area contributed by atoms with Crippen LogP contribution in [0.5, 0.6) is 0 Å². The molecule has 1 aromatic heterocycles. The van der Waals surface area contributed by atoms with Gasteiger partial charge >= 0.3 is 6.03 Å². The summed E-state index contributed by atoms with van der Waals surface area (Å²) in [6.07, 6.45) is 0. The average molecular weight is 320 g/mol. The van der Waals surface area contributed by atoms with Crippen molar-refractivity contribution < 1.29 is 14.0 Å². The Morgan fingerprint density at radius 3 is 2.50 bits per heavy atom. The van der Waals surface area contributed by atoms with Crippen molar-refractivity contribution in [1.82, 2.24) is 10.2 Å². The molecule has 1 aliphatic rings. The molecule has 0 saturated carbocycles. The average Bonchev–Trinajstić information content (AvgIpc) is 3.12. The van der Waals surface area contributed by atoms with Gasteiger partial charge in [-0.2, -0.15) is 0 Å². The second-order valence-corrected chi connectivity index (χ2v) is 6.08. The first-order valence-electron chi connectivity index (χ1n) is 7.75. The van der Waals surface area contributed by atoms with Crippen molar-refractivity contribution in [3.05, 3.63) is 72.0 Å². The van der Waals surface area contributed by atoms with Crippen LogP contribution in [-0.4, -0.2) is 16.8 Å². The topological polar surface area (TPSA) is 62.6 Å². The van der Waals surface area contributed by atoms with Gasteiger partial charge in [0.1, 0.15) is 11.3 Å². The highest BCUT2D eigenvalue weighted by Gasteiger charge is 2.51. The highest BCUT2D eigenvalue weighted by atomic mass is 16.3. The molecule has 3 aromatic rings. The number of nitrogens with zero attached hydrogens (tertiary/aromatic N) is 1. The fourth-order valence-electron chi connectivity index (χ4n) is 3.00. The lowest BCUT2D eigenvalue weighted by Gasteiger charge is -2.19. The lowest BCUT2D eigenvalue weighted by Crippen LogP contribution is -2.40. The summed E-state index contributed by atoms with van der Waals surface area (Å²) in [7, 11) is 0. The summed E-state index contributed by atoms with van der Waals surface area (Å²) < 4.78 is 5.81. The van der Waals surface area contributed by atoms with E-state index in [1.165, 1.54) is 4.90 Å². The van der Waals surface area contributed by atoms with Gasteiger partial charge < -0.3 is 9.73 Å². The van der Waals surface area contributed by atoms with Crippen LogP contribution in [0.15, 0.2) is 65.1 Å². The molecule has 1 aliphatic heterocycles. The van der Waals surface area contributed by atoms with Crippen LogP contribution >= 0.6 is 0 Å². The molecule has 1 saturated heterocycles. The van der Waals surface area contributed by atoms with E-state index in [9.17, 15) is 9.59 Å². The van der Waals surface area contributed by atoms with Gasteiger partial charge in [-0.25, -0.2) is 4.79 Å². The van der Waals surface area contributed by atoms with Crippen molar-refractivity contribution in [1.29, 1.82) is 0 Å². The third-order valence-corrected chi connectivity index (χ3v) is 4.38. The smallest absolute Gasteiger partial charge is 0.325 e. The zero-order valence-electron chi connectivity index (χ0n) is 13.2. The maximum absolute atomic E-state index is 12.9. The molecule has 1 fully saturated rings. The zero-order chi connectivity index (χ0) is 16.7. The number of hydrogen-bond donors (Lipinski definition) is 1. The molecule has 24 heavy (non-hydrogen) atoms. The lowest BCUT2D eigenvalue weighted by atomic mass is 9.98. The van der Waals surface area contributed by atoms with Gasteiger partial charge in [0.2, 0.25) is 0 Å². The standard InChI is InChI=1S/C19H16N2O3/c1-19(16-11-14-9-5-6-10-15(14)24-16)17(22)21(18(23)20-19)12-13-7-3-2-4-8-13/h2-11H,12H2,1H3,(H,20,23)/t19-/m1/s1. The molecule has 3 amide bonds. The number of nitrogens with one attached hydrogen (secondary N) is 1. The predicted octanol–water partition coefficient (Wildman–Crippen LogP) is 3.40. The van der Waals surface area contributed by atoms with Gasteiger partial charge in [0, 0.05) is 5.39 Å². The zero-order valence-corrected chi connectivity index (χ0v) is 13.2. The second-order valence-electron chi connectivity index (χ2n) is 6.08. The Morgan fingerprint density at radius 1 is 1.04 bits per heavy atom. The maximum Gasteiger partial charge on any atom is 0.325 e. The molecular formula is C19H16N2O3. The normalized spacial score (nSPS) is 20.6. The molecule has 2 aromatic carbocycles. The van der Waals surface area contributed by atoms with E-state index in [4.69, 9.17) is 4.42 Å². The molecule has 0 unspecified atom stereocenters. The van der Waals surface area contributed by atoms with Crippen molar-refractivity contribution in [2.45, 2.75) is 19.0 Å². The van der Waals surface area contributed by atoms with Crippen molar-refractivity contribution in [2.75, 3.05) is 0 Å². The number of imide groups is 1. The van der Waals surface area contributed by atoms with E-state index in [1.54, 1.807) is 13.0 Å². The van der Waals surface area contributed by atoms with Crippen LogP contribution in [-0.2, 0) is 16.9 Å². The predicted molar refractivity (Wildman–Crippen MR) is 89.1 cm³/mol. The summed E-state index contributed by atoms with van der Waals surface area (Å²) in [5.74, 6) is 0.132. The molecule has 0 radical (unpaired) electrons. The highest BCUT2D eigenvalue weighted by Crippen LogP contribution is 2.33. The number of urea groups is 1. The fourth-order valence-corrected chi connectivity index (χ4v) is 3.00. The second kappa shape index (κ2) is 5.23. The number of carbonyl (C=O) groups is 2. The van der Waals surface area contributed by atoms with Gasteiger partial charge in [-0.1, -0.05) is 48.5 Å². The van der Waals surface area contributed by atoms with Gasteiger partial charge in [-0.15, -0.1) is 0 Å². The SMILES string of the molecule is C[C@]1(c2cc3ccccc3o2)NC(=O)N(Cc2ccccc2)C1=O. The van der Waals surface area contributed by atoms with E-state index >= 15 is 0 Å². The molecule has 4 rings (SSSR count). The molecule has 0 bridgehead atoms. The Kier molecular flexibility index (Phi) is 3.16. The first-order valence-corrected chi connectivity index (χ1v) is 7.75. The van der Waals surface area contributed by atoms with Crippen LogP contribution in [0.2, 0.25) is 0 Å². The molecule has 0 aliphatic carbocycles. The van der Waals surface area contributed by atoms with Crippen LogP contribution in [0, 0.1) is 0 Å². The van der Waals surface area contributed by atoms with E-state index in [-0.39, 0.29) is 12.5 Å². The minimum atomic E-state index is -1.19. The van der Waals surface area contributed by atoms with Crippen LogP contribution < -0.4 is 5.32 Å². The maximum atomic E-state index is 12.9. The van der Waals surface area contributed by atoms with Gasteiger partial charge in [0.05, 0.1) is 6.54 Å². The van der Waals surface area contributed by atoms with E-state index in [0.717, 1.165) is 10.9 Å². The van der Waals surface area contributed by atoms with Crippen molar-refractivity contribution >= 4 is 22.9 Å². The van der Waals surface area contributed by atoms with Gasteiger partial charge in [-0.3, -0.25) is 9.69 Å². The van der Waals surface area contributed by atoms with Crippen LogP contribution in [0.25, 0.3) is 11.0 Å². The summed E-state index contributed by atoms with van der Waals surface area (Å²) in [5, 5.41) is 3.67. The summed E-state index contributed by atoms with van der Waals surface area (Å²) in [4.78, 5) is 26.5. The summed E-state index contributed by atoms with van der Waals surface area (Å²) in [6.45, 7) is 1.91. The van der Waals surface area contributed by atoms with Crippen LogP contribution in [0.1, 0.15) is 18.2 Å². The Labute approximate surface area is 138 Å². The van der Waals surface area contributed by atoms with Crippen molar-refractivity contribution in [3.8, 4) is 0 Å². The Bertz CT molecular complexity index is 899. The Morgan fingerprint density at radius 2 is 1.75 bits per heavy atom. The molecule has 0 spiro atoms. The third-order valence-electron chi connectivity index (χ3n) is 4.38. The number of fused-ring (bicyclic) bond motifs is 1. The molecule has 5 nitrogen and oxygen atoms in total. The summed E-state index contributed by atoms with van der Waals surface area (Å²) in [6, 6.07) is 18.3. The monoisotopic (exact) mass is 320 g/mol.